The van der Waals surface area contributed by atoms with Gasteiger partial charge in [0.15, 0.2) is 5.03 Å². The molecule has 0 radical (unpaired) electrons. The highest BCUT2D eigenvalue weighted by molar-refractivity contribution is 7.99. The second-order valence-corrected chi connectivity index (χ2v) is 4.71. The van der Waals surface area contributed by atoms with Crippen LogP contribution in [0.5, 0.6) is 0 Å². The van der Waals surface area contributed by atoms with Crippen LogP contribution in [0.1, 0.15) is 6.92 Å². The van der Waals surface area contributed by atoms with Crippen molar-refractivity contribution >= 4 is 29.1 Å². The van der Waals surface area contributed by atoms with Crippen molar-refractivity contribution in [2.24, 2.45) is 5.92 Å². The van der Waals surface area contributed by atoms with Crippen LogP contribution in [-0.2, 0) is 0 Å². The fourth-order valence-electron chi connectivity index (χ4n) is 0.930. The molecule has 0 aliphatic rings. The van der Waals surface area contributed by atoms with Gasteiger partial charge in [0.2, 0.25) is 0 Å². The van der Waals surface area contributed by atoms with E-state index >= 15 is 0 Å². The largest absolute Gasteiger partial charge is 0.396 e. The molecule has 1 atom stereocenters. The summed E-state index contributed by atoms with van der Waals surface area (Å²) in [5.41, 5.74) is -0.0560. The first-order valence-corrected chi connectivity index (χ1v) is 5.95. The van der Waals surface area contributed by atoms with Crippen LogP contribution in [0.25, 0.3) is 0 Å². The molecule has 0 fully saturated rings. The highest BCUT2D eigenvalue weighted by atomic mass is 35.5. The summed E-state index contributed by atoms with van der Waals surface area (Å²) in [6.45, 7) is 1.89. The lowest BCUT2D eigenvalue weighted by molar-refractivity contribution is -0.388. The molecule has 0 saturated carbocycles. The molecule has 0 saturated heterocycles. The van der Waals surface area contributed by atoms with Crippen LogP contribution in [-0.4, -0.2) is 27.4 Å². The molecule has 1 N–H and O–H groups in total. The summed E-state index contributed by atoms with van der Waals surface area (Å²) in [5.74, 6) is 0.621. The zero-order chi connectivity index (χ0) is 12.1. The van der Waals surface area contributed by atoms with E-state index in [9.17, 15) is 10.1 Å². The van der Waals surface area contributed by atoms with Crippen molar-refractivity contribution in [3.8, 4) is 0 Å². The number of rotatable bonds is 5. The van der Waals surface area contributed by atoms with Crippen LogP contribution in [0.4, 0.5) is 5.69 Å². The molecule has 5 nitrogen and oxygen atoms in total. The van der Waals surface area contributed by atoms with E-state index in [4.69, 9.17) is 16.7 Å². The van der Waals surface area contributed by atoms with E-state index in [1.165, 1.54) is 23.9 Å². The number of aliphatic hydroxyl groups is 1. The van der Waals surface area contributed by atoms with Gasteiger partial charge in [0.25, 0.3) is 0 Å². The van der Waals surface area contributed by atoms with E-state index in [0.29, 0.717) is 5.75 Å². The fourth-order valence-corrected chi connectivity index (χ4v) is 2.13. The average molecular weight is 263 g/mol. The average Bonchev–Trinajstić information content (AvgIpc) is 2.25. The minimum absolute atomic E-state index is 0.0430. The Hall–Kier alpha value is -0.850. The number of aromatic nitrogens is 1. The lowest BCUT2D eigenvalue weighted by Gasteiger charge is -2.06. The van der Waals surface area contributed by atoms with Gasteiger partial charge in [-0.25, -0.2) is 4.98 Å². The Balaban J connectivity index is 2.84. The molecule has 1 heterocycles. The molecule has 0 bridgehead atoms. The summed E-state index contributed by atoms with van der Waals surface area (Å²) in [5, 5.41) is 20.1. The van der Waals surface area contributed by atoms with Crippen LogP contribution >= 0.6 is 23.4 Å². The van der Waals surface area contributed by atoms with Gasteiger partial charge in [-0.1, -0.05) is 30.3 Å². The highest BCUT2D eigenvalue weighted by Crippen LogP contribution is 2.29. The molecule has 88 valence electrons. The minimum Gasteiger partial charge on any atom is -0.396 e. The van der Waals surface area contributed by atoms with E-state index in [1.807, 2.05) is 6.92 Å². The van der Waals surface area contributed by atoms with Crippen LogP contribution in [0.15, 0.2) is 17.2 Å². The number of halogens is 1. The first kappa shape index (κ1) is 13.2. The molecule has 1 unspecified atom stereocenters. The summed E-state index contributed by atoms with van der Waals surface area (Å²) in [7, 11) is 0. The van der Waals surface area contributed by atoms with Gasteiger partial charge in [-0.15, -0.1) is 0 Å². The van der Waals surface area contributed by atoms with Crippen molar-refractivity contribution in [1.82, 2.24) is 4.98 Å². The second kappa shape index (κ2) is 6.03. The predicted octanol–water partition coefficient (Wildman–Crippen LogP) is 2.36. The number of pyridine rings is 1. The zero-order valence-electron chi connectivity index (χ0n) is 8.59. The Morgan fingerprint density at radius 1 is 1.69 bits per heavy atom. The van der Waals surface area contributed by atoms with Gasteiger partial charge in [0.05, 0.1) is 4.92 Å². The van der Waals surface area contributed by atoms with E-state index in [1.54, 1.807) is 0 Å². The molecule has 0 spiro atoms. The smallest absolute Gasteiger partial charge is 0.301 e. The Kier molecular flexibility index (Phi) is 4.98. The molecular weight excluding hydrogens is 252 g/mol. The van der Waals surface area contributed by atoms with Gasteiger partial charge in [-0.3, -0.25) is 10.1 Å². The van der Waals surface area contributed by atoms with Gasteiger partial charge >= 0.3 is 5.69 Å². The second-order valence-electron chi connectivity index (χ2n) is 3.31. The minimum atomic E-state index is -0.491. The summed E-state index contributed by atoms with van der Waals surface area (Å²) < 4.78 is 0. The Bertz CT molecular complexity index is 389. The Morgan fingerprint density at radius 2 is 2.38 bits per heavy atom. The molecule has 0 aromatic carbocycles. The van der Waals surface area contributed by atoms with Gasteiger partial charge < -0.3 is 5.11 Å². The van der Waals surface area contributed by atoms with E-state index in [-0.39, 0.29) is 28.4 Å². The first-order chi connectivity index (χ1) is 7.54. The molecular formula is C9H11ClN2O3S. The number of hydrogen-bond donors (Lipinski definition) is 1. The first-order valence-electron chi connectivity index (χ1n) is 4.59. The Morgan fingerprint density at radius 3 is 2.94 bits per heavy atom. The molecule has 7 heteroatoms. The third-order valence-corrected chi connectivity index (χ3v) is 3.34. The van der Waals surface area contributed by atoms with Crippen LogP contribution < -0.4 is 0 Å². The number of aliphatic hydroxyl groups excluding tert-OH is 1. The van der Waals surface area contributed by atoms with Gasteiger partial charge in [-0.05, 0) is 12.0 Å². The lowest BCUT2D eigenvalue weighted by atomic mass is 10.2. The van der Waals surface area contributed by atoms with Crippen molar-refractivity contribution in [2.75, 3.05) is 12.4 Å². The quantitative estimate of drug-likeness (QED) is 0.382. The van der Waals surface area contributed by atoms with Crippen molar-refractivity contribution in [1.29, 1.82) is 0 Å². The monoisotopic (exact) mass is 262 g/mol. The van der Waals surface area contributed by atoms with Crippen LogP contribution in [0.2, 0.25) is 5.15 Å². The molecule has 1 aromatic rings. The SMILES string of the molecule is CC(CO)CSc1nc(Cl)ccc1[N+](=O)[O-]. The summed E-state index contributed by atoms with van der Waals surface area (Å²) in [6, 6.07) is 2.72. The summed E-state index contributed by atoms with van der Waals surface area (Å²) in [4.78, 5) is 14.1. The summed E-state index contributed by atoms with van der Waals surface area (Å²) >= 11 is 6.90. The van der Waals surface area contributed by atoms with Crippen molar-refractivity contribution in [3.63, 3.8) is 0 Å². The topological polar surface area (TPSA) is 76.3 Å². The maximum atomic E-state index is 10.7. The molecule has 1 rings (SSSR count). The van der Waals surface area contributed by atoms with Gasteiger partial charge in [-0.2, -0.15) is 0 Å². The van der Waals surface area contributed by atoms with Crippen molar-refractivity contribution in [3.05, 3.63) is 27.4 Å². The highest BCUT2D eigenvalue weighted by Gasteiger charge is 2.16. The number of hydrogen-bond acceptors (Lipinski definition) is 5. The van der Waals surface area contributed by atoms with Crippen molar-refractivity contribution < 1.29 is 10.0 Å². The third kappa shape index (κ3) is 3.62. The lowest BCUT2D eigenvalue weighted by Crippen LogP contribution is -2.04. The molecule has 1 aromatic heterocycles. The number of thioether (sulfide) groups is 1. The third-order valence-electron chi connectivity index (χ3n) is 1.82. The van der Waals surface area contributed by atoms with E-state index < -0.39 is 4.92 Å². The molecule has 16 heavy (non-hydrogen) atoms. The predicted molar refractivity (Wildman–Crippen MR) is 62.9 cm³/mol. The van der Waals surface area contributed by atoms with E-state index in [0.717, 1.165) is 0 Å². The fraction of sp³-hybridized carbons (Fsp3) is 0.444. The molecule has 0 aliphatic carbocycles. The maximum absolute atomic E-state index is 10.7. The normalized spacial score (nSPS) is 12.4. The molecule has 0 aliphatic heterocycles. The Labute approximate surface area is 102 Å². The van der Waals surface area contributed by atoms with E-state index in [2.05, 4.69) is 4.98 Å². The number of nitro groups is 1. The van der Waals surface area contributed by atoms with Crippen LogP contribution in [0.3, 0.4) is 0 Å². The number of nitrogens with zero attached hydrogens (tertiary/aromatic N) is 2. The summed E-state index contributed by atoms with van der Waals surface area (Å²) in [6.07, 6.45) is 0. The maximum Gasteiger partial charge on any atom is 0.301 e. The van der Waals surface area contributed by atoms with Crippen LogP contribution in [0, 0.1) is 16.0 Å². The molecule has 0 amide bonds. The standard InChI is InChI=1S/C9H11ClN2O3S/c1-6(4-13)5-16-9-7(12(14)15)2-3-8(10)11-9/h2-3,6,13H,4-5H2,1H3. The van der Waals surface area contributed by atoms with Gasteiger partial charge in [0.1, 0.15) is 5.15 Å². The zero-order valence-corrected chi connectivity index (χ0v) is 10.2. The van der Waals surface area contributed by atoms with Crippen molar-refractivity contribution in [2.45, 2.75) is 11.9 Å². The van der Waals surface area contributed by atoms with Gasteiger partial charge in [0, 0.05) is 18.4 Å².